The van der Waals surface area contributed by atoms with E-state index in [0.717, 1.165) is 21.8 Å². The molecule has 0 aliphatic rings. The van der Waals surface area contributed by atoms with Gasteiger partial charge in [0.15, 0.2) is 0 Å². The summed E-state index contributed by atoms with van der Waals surface area (Å²) in [5.74, 6) is 0. The van der Waals surface area contributed by atoms with Crippen molar-refractivity contribution in [2.75, 3.05) is 0 Å². The zero-order valence-corrected chi connectivity index (χ0v) is 10.7. The fourth-order valence-corrected chi connectivity index (χ4v) is 2.74. The lowest BCUT2D eigenvalue weighted by molar-refractivity contribution is 1.38. The zero-order valence-electron chi connectivity index (χ0n) is 9.97. The molecule has 0 spiro atoms. The van der Waals surface area contributed by atoms with Crippen LogP contribution in [-0.2, 0) is 0 Å². The second-order valence-electron chi connectivity index (χ2n) is 4.48. The van der Waals surface area contributed by atoms with Gasteiger partial charge in [0.1, 0.15) is 5.15 Å². The number of halogens is 1. The van der Waals surface area contributed by atoms with Crippen LogP contribution < -0.4 is 0 Å². The van der Waals surface area contributed by atoms with E-state index in [1.54, 1.807) is 6.20 Å². The molecule has 0 amide bonds. The first-order valence-corrected chi connectivity index (χ1v) is 6.44. The van der Waals surface area contributed by atoms with E-state index in [0.29, 0.717) is 5.15 Å². The van der Waals surface area contributed by atoms with Crippen LogP contribution in [0.4, 0.5) is 0 Å². The molecule has 0 N–H and O–H groups in total. The zero-order chi connectivity index (χ0) is 12.8. The normalized spacial score (nSPS) is 11.4. The molecule has 0 aliphatic carbocycles. The van der Waals surface area contributed by atoms with Gasteiger partial charge >= 0.3 is 0 Å². The third kappa shape index (κ3) is 1.50. The Morgan fingerprint density at radius 1 is 0.684 bits per heavy atom. The Morgan fingerprint density at radius 2 is 1.37 bits per heavy atom. The SMILES string of the molecule is Clc1ccc2c3ccccc3c3cccnc3c2n1. The number of pyridine rings is 2. The van der Waals surface area contributed by atoms with E-state index in [1.165, 1.54) is 10.8 Å². The molecule has 2 heterocycles. The number of fused-ring (bicyclic) bond motifs is 6. The number of nitrogens with zero attached hydrogens (tertiary/aromatic N) is 2. The lowest BCUT2D eigenvalue weighted by Crippen LogP contribution is -1.88. The van der Waals surface area contributed by atoms with Crippen molar-refractivity contribution < 1.29 is 0 Å². The van der Waals surface area contributed by atoms with Crippen molar-refractivity contribution in [1.82, 2.24) is 9.97 Å². The molecular weight excluding hydrogens is 256 g/mol. The molecule has 0 saturated heterocycles. The molecule has 0 saturated carbocycles. The molecule has 2 nitrogen and oxygen atoms in total. The van der Waals surface area contributed by atoms with Gasteiger partial charge in [-0.05, 0) is 29.0 Å². The molecule has 4 aromatic rings. The quantitative estimate of drug-likeness (QED) is 0.343. The van der Waals surface area contributed by atoms with Gasteiger partial charge in [0, 0.05) is 17.0 Å². The topological polar surface area (TPSA) is 25.8 Å². The molecule has 3 heteroatoms. The highest BCUT2D eigenvalue weighted by molar-refractivity contribution is 6.31. The molecule has 0 radical (unpaired) electrons. The molecule has 4 rings (SSSR count). The Hall–Kier alpha value is -2.19. The molecule has 2 aromatic heterocycles. The number of benzene rings is 2. The number of rotatable bonds is 0. The van der Waals surface area contributed by atoms with Crippen LogP contribution in [0.25, 0.3) is 32.6 Å². The number of hydrogen-bond acceptors (Lipinski definition) is 2. The Bertz CT molecular complexity index is 896. The third-order valence-corrected chi connectivity index (χ3v) is 3.61. The monoisotopic (exact) mass is 264 g/mol. The molecule has 0 bridgehead atoms. The first-order chi connectivity index (χ1) is 9.34. The van der Waals surface area contributed by atoms with Crippen molar-refractivity contribution in [1.29, 1.82) is 0 Å². The van der Waals surface area contributed by atoms with E-state index in [1.807, 2.05) is 30.3 Å². The Morgan fingerprint density at radius 3 is 2.16 bits per heavy atom. The molecule has 0 atom stereocenters. The maximum Gasteiger partial charge on any atom is 0.129 e. The van der Waals surface area contributed by atoms with Crippen molar-refractivity contribution >= 4 is 44.2 Å². The van der Waals surface area contributed by atoms with E-state index in [2.05, 4.69) is 28.2 Å². The fraction of sp³-hybridized carbons (Fsp3) is 0. The molecule has 2 aromatic carbocycles. The average molecular weight is 265 g/mol. The predicted molar refractivity (Wildman–Crippen MR) is 79.6 cm³/mol. The van der Waals surface area contributed by atoms with Crippen LogP contribution in [0.1, 0.15) is 0 Å². The summed E-state index contributed by atoms with van der Waals surface area (Å²) in [5.41, 5.74) is 1.76. The Labute approximate surface area is 114 Å². The van der Waals surface area contributed by atoms with Crippen LogP contribution in [0.5, 0.6) is 0 Å². The minimum atomic E-state index is 0.495. The largest absolute Gasteiger partial charge is 0.254 e. The van der Waals surface area contributed by atoms with E-state index >= 15 is 0 Å². The summed E-state index contributed by atoms with van der Waals surface area (Å²) in [7, 11) is 0. The average Bonchev–Trinajstić information content (AvgIpc) is 2.47. The highest BCUT2D eigenvalue weighted by atomic mass is 35.5. The lowest BCUT2D eigenvalue weighted by atomic mass is 10.0. The van der Waals surface area contributed by atoms with Crippen LogP contribution in [-0.4, -0.2) is 9.97 Å². The summed E-state index contributed by atoms with van der Waals surface area (Å²) in [6, 6.07) is 16.2. The van der Waals surface area contributed by atoms with Crippen molar-refractivity contribution in [2.24, 2.45) is 0 Å². The summed E-state index contributed by atoms with van der Waals surface area (Å²) in [6.07, 6.45) is 1.79. The molecule has 0 aliphatic heterocycles. The predicted octanol–water partition coefficient (Wildman–Crippen LogP) is 4.59. The van der Waals surface area contributed by atoms with Crippen molar-refractivity contribution in [2.45, 2.75) is 0 Å². The second kappa shape index (κ2) is 3.90. The molecule has 90 valence electrons. The van der Waals surface area contributed by atoms with Crippen LogP contribution in [0.2, 0.25) is 5.15 Å². The van der Waals surface area contributed by atoms with Gasteiger partial charge in [-0.2, -0.15) is 0 Å². The van der Waals surface area contributed by atoms with E-state index in [-0.39, 0.29) is 0 Å². The van der Waals surface area contributed by atoms with Gasteiger partial charge in [-0.3, -0.25) is 4.98 Å². The van der Waals surface area contributed by atoms with E-state index in [9.17, 15) is 0 Å². The standard InChI is InChI=1S/C16H9ClN2/c17-14-8-7-13-11-5-2-1-4-10(11)12-6-3-9-18-15(12)16(13)19-14/h1-9H. The van der Waals surface area contributed by atoms with Gasteiger partial charge in [-0.25, -0.2) is 4.98 Å². The second-order valence-corrected chi connectivity index (χ2v) is 4.86. The van der Waals surface area contributed by atoms with Crippen molar-refractivity contribution in [3.8, 4) is 0 Å². The van der Waals surface area contributed by atoms with Crippen LogP contribution >= 0.6 is 11.6 Å². The van der Waals surface area contributed by atoms with Gasteiger partial charge in [0.05, 0.1) is 11.0 Å². The summed E-state index contributed by atoms with van der Waals surface area (Å²) >= 11 is 6.03. The van der Waals surface area contributed by atoms with Crippen LogP contribution in [0.3, 0.4) is 0 Å². The first kappa shape index (κ1) is 10.7. The summed E-state index contributed by atoms with van der Waals surface area (Å²) in [5, 5.41) is 5.07. The maximum atomic E-state index is 6.03. The summed E-state index contributed by atoms with van der Waals surface area (Å²) < 4.78 is 0. The highest BCUT2D eigenvalue weighted by Gasteiger charge is 2.09. The highest BCUT2D eigenvalue weighted by Crippen LogP contribution is 2.33. The van der Waals surface area contributed by atoms with Gasteiger partial charge in [-0.1, -0.05) is 41.9 Å². The van der Waals surface area contributed by atoms with Crippen molar-refractivity contribution in [3.63, 3.8) is 0 Å². The molecular formula is C16H9ClN2. The first-order valence-electron chi connectivity index (χ1n) is 6.06. The minimum Gasteiger partial charge on any atom is -0.254 e. The molecule has 0 fully saturated rings. The fourth-order valence-electron chi connectivity index (χ4n) is 2.60. The van der Waals surface area contributed by atoms with Gasteiger partial charge in [0.2, 0.25) is 0 Å². The maximum absolute atomic E-state index is 6.03. The smallest absolute Gasteiger partial charge is 0.129 e. The number of aromatic nitrogens is 2. The Kier molecular flexibility index (Phi) is 2.20. The van der Waals surface area contributed by atoms with Gasteiger partial charge in [0.25, 0.3) is 0 Å². The van der Waals surface area contributed by atoms with Crippen LogP contribution in [0.15, 0.2) is 54.7 Å². The van der Waals surface area contributed by atoms with Gasteiger partial charge in [-0.15, -0.1) is 0 Å². The summed E-state index contributed by atoms with van der Waals surface area (Å²) in [6.45, 7) is 0. The van der Waals surface area contributed by atoms with Gasteiger partial charge < -0.3 is 0 Å². The van der Waals surface area contributed by atoms with Crippen LogP contribution in [0, 0.1) is 0 Å². The lowest BCUT2D eigenvalue weighted by Gasteiger charge is -2.08. The van der Waals surface area contributed by atoms with E-state index in [4.69, 9.17) is 11.6 Å². The third-order valence-electron chi connectivity index (χ3n) is 3.40. The van der Waals surface area contributed by atoms with Crippen molar-refractivity contribution in [3.05, 3.63) is 59.9 Å². The van der Waals surface area contributed by atoms with E-state index < -0.39 is 0 Å². The Balaban J connectivity index is 2.43. The molecule has 19 heavy (non-hydrogen) atoms. The summed E-state index contributed by atoms with van der Waals surface area (Å²) in [4.78, 5) is 8.94. The minimum absolute atomic E-state index is 0.495. The number of hydrogen-bond donors (Lipinski definition) is 0. The molecule has 0 unspecified atom stereocenters.